The van der Waals surface area contributed by atoms with Crippen molar-refractivity contribution in [3.63, 3.8) is 0 Å². The minimum atomic E-state index is -0.826. The summed E-state index contributed by atoms with van der Waals surface area (Å²) in [5.41, 5.74) is 0.957. The molecule has 1 heterocycles. The second-order valence-corrected chi connectivity index (χ2v) is 5.38. The fourth-order valence-corrected chi connectivity index (χ4v) is 2.61. The molecule has 6 heteroatoms. The zero-order valence-corrected chi connectivity index (χ0v) is 12.9. The van der Waals surface area contributed by atoms with Crippen LogP contribution in [0.1, 0.15) is 18.4 Å². The molecule has 1 amide bonds. The Bertz CT molecular complexity index is 535. The van der Waals surface area contributed by atoms with Gasteiger partial charge >= 0.3 is 5.97 Å². The number of rotatable bonds is 6. The first-order valence-electron chi connectivity index (χ1n) is 7.26. The molecule has 1 N–H and O–H groups in total. The number of methoxy groups -OCH3 is 2. The SMILES string of the molecule is COc1cc(CCC(=O)N2CCC(C(=O)O)C2)cc(OC)c1. The van der Waals surface area contributed by atoms with Gasteiger partial charge in [-0.15, -0.1) is 0 Å². The van der Waals surface area contributed by atoms with Gasteiger partial charge in [0.05, 0.1) is 20.1 Å². The van der Waals surface area contributed by atoms with Gasteiger partial charge in [-0.05, 0) is 30.5 Å². The number of carbonyl (C=O) groups excluding carboxylic acids is 1. The number of ether oxygens (including phenoxy) is 2. The number of hydrogen-bond donors (Lipinski definition) is 1. The van der Waals surface area contributed by atoms with Gasteiger partial charge in [0, 0.05) is 25.6 Å². The van der Waals surface area contributed by atoms with E-state index in [0.717, 1.165) is 5.56 Å². The van der Waals surface area contributed by atoms with Crippen molar-refractivity contribution >= 4 is 11.9 Å². The minimum Gasteiger partial charge on any atom is -0.497 e. The lowest BCUT2D eigenvalue weighted by atomic mass is 10.1. The zero-order valence-electron chi connectivity index (χ0n) is 12.9. The fraction of sp³-hybridized carbons (Fsp3) is 0.500. The molecule has 1 unspecified atom stereocenters. The Kier molecular flexibility index (Phi) is 5.25. The number of carboxylic acid groups (broad SMARTS) is 1. The molecular weight excluding hydrogens is 286 g/mol. The molecule has 1 aliphatic rings. The number of nitrogens with zero attached hydrogens (tertiary/aromatic N) is 1. The summed E-state index contributed by atoms with van der Waals surface area (Å²) >= 11 is 0. The third-order valence-corrected chi connectivity index (χ3v) is 3.93. The molecule has 120 valence electrons. The molecule has 0 saturated carbocycles. The highest BCUT2D eigenvalue weighted by atomic mass is 16.5. The molecule has 1 aliphatic heterocycles. The lowest BCUT2D eigenvalue weighted by Crippen LogP contribution is -2.30. The molecule has 0 spiro atoms. The highest BCUT2D eigenvalue weighted by molar-refractivity contribution is 5.79. The van der Waals surface area contributed by atoms with Crippen molar-refractivity contribution in [1.29, 1.82) is 0 Å². The first kappa shape index (κ1) is 16.1. The van der Waals surface area contributed by atoms with Gasteiger partial charge in [-0.1, -0.05) is 0 Å². The summed E-state index contributed by atoms with van der Waals surface area (Å²) in [6.07, 6.45) is 1.46. The smallest absolute Gasteiger partial charge is 0.308 e. The second-order valence-electron chi connectivity index (χ2n) is 5.38. The molecular formula is C16H21NO5. The Morgan fingerprint density at radius 3 is 2.36 bits per heavy atom. The lowest BCUT2D eigenvalue weighted by Gasteiger charge is -2.16. The van der Waals surface area contributed by atoms with Crippen LogP contribution < -0.4 is 9.47 Å². The van der Waals surface area contributed by atoms with Crippen LogP contribution in [0, 0.1) is 5.92 Å². The molecule has 1 aromatic rings. The van der Waals surface area contributed by atoms with Gasteiger partial charge in [0.25, 0.3) is 0 Å². The van der Waals surface area contributed by atoms with E-state index in [1.54, 1.807) is 25.2 Å². The van der Waals surface area contributed by atoms with Crippen LogP contribution in [0.5, 0.6) is 11.5 Å². The van der Waals surface area contributed by atoms with Gasteiger partial charge in [-0.3, -0.25) is 9.59 Å². The van der Waals surface area contributed by atoms with E-state index in [4.69, 9.17) is 14.6 Å². The Balaban J connectivity index is 1.93. The third kappa shape index (κ3) is 3.90. The molecule has 2 rings (SSSR count). The van der Waals surface area contributed by atoms with Crippen LogP contribution in [0.25, 0.3) is 0 Å². The van der Waals surface area contributed by atoms with Crippen LogP contribution in [-0.2, 0) is 16.0 Å². The molecule has 0 bridgehead atoms. The number of amides is 1. The summed E-state index contributed by atoms with van der Waals surface area (Å²) in [7, 11) is 3.17. The van der Waals surface area contributed by atoms with E-state index < -0.39 is 11.9 Å². The molecule has 0 aromatic heterocycles. The van der Waals surface area contributed by atoms with Gasteiger partial charge in [0.1, 0.15) is 11.5 Å². The summed E-state index contributed by atoms with van der Waals surface area (Å²) in [6, 6.07) is 5.53. The van der Waals surface area contributed by atoms with E-state index in [1.807, 2.05) is 12.1 Å². The van der Waals surface area contributed by atoms with Crippen molar-refractivity contribution < 1.29 is 24.2 Å². The number of carbonyl (C=O) groups is 2. The molecule has 0 aliphatic carbocycles. The summed E-state index contributed by atoms with van der Waals surface area (Å²) in [6.45, 7) is 0.840. The third-order valence-electron chi connectivity index (χ3n) is 3.93. The van der Waals surface area contributed by atoms with Crippen molar-refractivity contribution in [2.75, 3.05) is 27.3 Å². The average Bonchev–Trinajstić information content (AvgIpc) is 3.02. The van der Waals surface area contributed by atoms with Gasteiger partial charge in [-0.2, -0.15) is 0 Å². The molecule has 0 radical (unpaired) electrons. The molecule has 1 aromatic carbocycles. The largest absolute Gasteiger partial charge is 0.497 e. The van der Waals surface area contributed by atoms with Crippen LogP contribution in [0.3, 0.4) is 0 Å². The Labute approximate surface area is 129 Å². The highest BCUT2D eigenvalue weighted by Gasteiger charge is 2.30. The van der Waals surface area contributed by atoms with Gasteiger partial charge in [0.15, 0.2) is 0 Å². The van der Waals surface area contributed by atoms with Crippen LogP contribution in [-0.4, -0.2) is 49.2 Å². The summed E-state index contributed by atoms with van der Waals surface area (Å²) < 4.78 is 10.4. The second kappa shape index (κ2) is 7.15. The maximum Gasteiger partial charge on any atom is 0.308 e. The van der Waals surface area contributed by atoms with Crippen molar-refractivity contribution in [3.8, 4) is 11.5 Å². The van der Waals surface area contributed by atoms with E-state index in [2.05, 4.69) is 0 Å². The Morgan fingerprint density at radius 1 is 1.23 bits per heavy atom. The summed E-state index contributed by atoms with van der Waals surface area (Å²) in [5, 5.41) is 8.97. The molecule has 6 nitrogen and oxygen atoms in total. The van der Waals surface area contributed by atoms with Crippen LogP contribution in [0.15, 0.2) is 18.2 Å². The maximum absolute atomic E-state index is 12.2. The van der Waals surface area contributed by atoms with E-state index in [9.17, 15) is 9.59 Å². The minimum absolute atomic E-state index is 0.00876. The molecule has 22 heavy (non-hydrogen) atoms. The van der Waals surface area contributed by atoms with Crippen LogP contribution >= 0.6 is 0 Å². The van der Waals surface area contributed by atoms with Gasteiger partial charge in [-0.25, -0.2) is 0 Å². The quantitative estimate of drug-likeness (QED) is 0.863. The monoisotopic (exact) mass is 307 g/mol. The maximum atomic E-state index is 12.2. The van der Waals surface area contributed by atoms with Crippen molar-refractivity contribution in [2.24, 2.45) is 5.92 Å². The highest BCUT2D eigenvalue weighted by Crippen LogP contribution is 2.24. The predicted molar refractivity (Wildman–Crippen MR) is 80.2 cm³/mol. The predicted octanol–water partition coefficient (Wildman–Crippen LogP) is 1.57. The molecule has 1 saturated heterocycles. The fourth-order valence-electron chi connectivity index (χ4n) is 2.61. The zero-order chi connectivity index (χ0) is 16.1. The number of likely N-dealkylation sites (tertiary alicyclic amines) is 1. The molecule has 1 fully saturated rings. The lowest BCUT2D eigenvalue weighted by molar-refractivity contribution is -0.141. The van der Waals surface area contributed by atoms with E-state index >= 15 is 0 Å². The summed E-state index contributed by atoms with van der Waals surface area (Å²) in [4.78, 5) is 24.7. The Morgan fingerprint density at radius 2 is 1.86 bits per heavy atom. The topological polar surface area (TPSA) is 76.1 Å². The van der Waals surface area contributed by atoms with Crippen LogP contribution in [0.4, 0.5) is 0 Å². The first-order chi connectivity index (χ1) is 10.5. The standard InChI is InChI=1S/C16H21NO5/c1-21-13-7-11(8-14(9-13)22-2)3-4-15(18)17-6-5-12(10-17)16(19)20/h7-9,12H,3-6,10H2,1-2H3,(H,19,20). The van der Waals surface area contributed by atoms with Crippen molar-refractivity contribution in [3.05, 3.63) is 23.8 Å². The van der Waals surface area contributed by atoms with E-state index in [-0.39, 0.29) is 5.91 Å². The van der Waals surface area contributed by atoms with E-state index in [0.29, 0.717) is 43.9 Å². The first-order valence-corrected chi connectivity index (χ1v) is 7.26. The average molecular weight is 307 g/mol. The van der Waals surface area contributed by atoms with Gasteiger partial charge in [0.2, 0.25) is 5.91 Å². The summed E-state index contributed by atoms with van der Waals surface area (Å²) in [5.74, 6) is 0.113. The number of carboxylic acids is 1. The number of aliphatic carboxylic acids is 1. The number of benzene rings is 1. The number of aryl methyl sites for hydroxylation is 1. The number of hydrogen-bond acceptors (Lipinski definition) is 4. The van der Waals surface area contributed by atoms with Crippen molar-refractivity contribution in [1.82, 2.24) is 4.90 Å². The van der Waals surface area contributed by atoms with Gasteiger partial charge < -0.3 is 19.5 Å². The van der Waals surface area contributed by atoms with Crippen molar-refractivity contribution in [2.45, 2.75) is 19.3 Å². The normalized spacial score (nSPS) is 17.4. The Hall–Kier alpha value is -2.24. The van der Waals surface area contributed by atoms with E-state index in [1.165, 1.54) is 0 Å². The van der Waals surface area contributed by atoms with Crippen LogP contribution in [0.2, 0.25) is 0 Å². The molecule has 1 atom stereocenters.